The minimum Gasteiger partial charge on any atom is -0.423 e. The van der Waals surface area contributed by atoms with Gasteiger partial charge in [-0.1, -0.05) is 6.08 Å². The summed E-state index contributed by atoms with van der Waals surface area (Å²) in [6.07, 6.45) is 7.14. The average Bonchev–Trinajstić information content (AvgIpc) is 3.55. The molecule has 2 aliphatic heterocycles. The van der Waals surface area contributed by atoms with Crippen molar-refractivity contribution in [1.82, 2.24) is 9.88 Å². The van der Waals surface area contributed by atoms with Crippen LogP contribution in [0.25, 0.3) is 16.5 Å². The zero-order valence-corrected chi connectivity index (χ0v) is 17.1. The number of hydrogen-bond acceptors (Lipinski definition) is 6. The number of likely N-dealkylation sites (tertiary alicyclic amines) is 1. The zero-order valence-electron chi connectivity index (χ0n) is 17.1. The lowest BCUT2D eigenvalue weighted by molar-refractivity contribution is 0.196. The SMILES string of the molecule is N#Cc1ccc(N2C[C@@H]3C[C@H]2CN3C2C=C(c3cc4ncccc4c(=O)o3)CC2)cc1. The van der Waals surface area contributed by atoms with Gasteiger partial charge in [0.25, 0.3) is 0 Å². The summed E-state index contributed by atoms with van der Waals surface area (Å²) in [6, 6.07) is 17.0. The zero-order chi connectivity index (χ0) is 20.9. The van der Waals surface area contributed by atoms with Crippen LogP contribution in [0.4, 0.5) is 5.69 Å². The highest BCUT2D eigenvalue weighted by atomic mass is 16.4. The highest BCUT2D eigenvalue weighted by Crippen LogP contribution is 2.40. The lowest BCUT2D eigenvalue weighted by Crippen LogP contribution is -2.49. The van der Waals surface area contributed by atoms with Crippen LogP contribution < -0.4 is 10.5 Å². The van der Waals surface area contributed by atoms with E-state index in [2.05, 4.69) is 39.1 Å². The number of benzene rings is 1. The van der Waals surface area contributed by atoms with Gasteiger partial charge >= 0.3 is 5.63 Å². The van der Waals surface area contributed by atoms with Crippen LogP contribution in [0, 0.1) is 11.3 Å². The van der Waals surface area contributed by atoms with E-state index in [1.165, 1.54) is 12.1 Å². The molecule has 0 N–H and O–H groups in total. The Morgan fingerprint density at radius 3 is 2.77 bits per heavy atom. The second kappa shape index (κ2) is 7.07. The number of anilines is 1. The number of fused-ring (bicyclic) bond motifs is 3. The highest BCUT2D eigenvalue weighted by molar-refractivity contribution is 5.80. The predicted octanol–water partition coefficient (Wildman–Crippen LogP) is 3.57. The molecule has 0 spiro atoms. The minimum atomic E-state index is -0.316. The Balaban J connectivity index is 1.20. The van der Waals surface area contributed by atoms with Gasteiger partial charge in [0.2, 0.25) is 0 Å². The summed E-state index contributed by atoms with van der Waals surface area (Å²) in [5, 5.41) is 9.55. The van der Waals surface area contributed by atoms with Gasteiger partial charge < -0.3 is 9.32 Å². The molecular weight excluding hydrogens is 388 g/mol. The molecule has 1 aliphatic carbocycles. The molecule has 2 aromatic heterocycles. The van der Waals surface area contributed by atoms with Crippen LogP contribution in [0.2, 0.25) is 0 Å². The normalized spacial score (nSPS) is 25.2. The van der Waals surface area contributed by atoms with Gasteiger partial charge in [0.05, 0.1) is 22.5 Å². The Labute approximate surface area is 180 Å². The fourth-order valence-corrected chi connectivity index (χ4v) is 5.49. The standard InChI is InChI=1S/C25H22N4O2/c26-13-16-3-6-18(7-4-16)28-14-21-11-20(28)15-29(21)19-8-5-17(10-19)24-12-23-22(25(30)31-24)2-1-9-27-23/h1-4,6-7,9-10,12,19-21H,5,8,11,14-15H2/t19?,20-,21-/m0/s1. The molecule has 0 saturated carbocycles. The molecule has 6 heteroatoms. The molecule has 1 unspecified atom stereocenters. The van der Waals surface area contributed by atoms with Crippen molar-refractivity contribution >= 4 is 22.2 Å². The summed E-state index contributed by atoms with van der Waals surface area (Å²) >= 11 is 0. The second-order valence-corrected chi connectivity index (χ2v) is 8.68. The summed E-state index contributed by atoms with van der Waals surface area (Å²) < 4.78 is 5.63. The Morgan fingerprint density at radius 2 is 2.00 bits per heavy atom. The maximum atomic E-state index is 12.3. The third-order valence-corrected chi connectivity index (χ3v) is 6.99. The smallest absolute Gasteiger partial charge is 0.345 e. The van der Waals surface area contributed by atoms with E-state index >= 15 is 0 Å². The fourth-order valence-electron chi connectivity index (χ4n) is 5.49. The number of rotatable bonds is 3. The molecule has 1 aromatic carbocycles. The van der Waals surface area contributed by atoms with Gasteiger partial charge in [0.1, 0.15) is 5.76 Å². The van der Waals surface area contributed by atoms with Gasteiger partial charge in [0, 0.05) is 49.2 Å². The monoisotopic (exact) mass is 410 g/mol. The molecule has 3 aromatic rings. The van der Waals surface area contributed by atoms with Gasteiger partial charge in [-0.3, -0.25) is 9.88 Å². The summed E-state index contributed by atoms with van der Waals surface area (Å²) in [7, 11) is 0. The number of pyridine rings is 1. The van der Waals surface area contributed by atoms with E-state index in [0.29, 0.717) is 40.4 Å². The molecule has 31 heavy (non-hydrogen) atoms. The molecule has 154 valence electrons. The molecule has 2 fully saturated rings. The third-order valence-electron chi connectivity index (χ3n) is 6.99. The van der Waals surface area contributed by atoms with E-state index in [4.69, 9.17) is 9.68 Å². The molecule has 2 saturated heterocycles. The van der Waals surface area contributed by atoms with Crippen LogP contribution in [0.15, 0.2) is 63.9 Å². The van der Waals surface area contributed by atoms with Crippen molar-refractivity contribution < 1.29 is 4.42 Å². The van der Waals surface area contributed by atoms with Gasteiger partial charge in [0.15, 0.2) is 0 Å². The number of piperazine rings is 1. The van der Waals surface area contributed by atoms with Crippen LogP contribution in [0.1, 0.15) is 30.6 Å². The van der Waals surface area contributed by atoms with Crippen molar-refractivity contribution in [3.05, 3.63) is 76.5 Å². The van der Waals surface area contributed by atoms with Crippen molar-refractivity contribution in [1.29, 1.82) is 5.26 Å². The first-order valence-electron chi connectivity index (χ1n) is 10.8. The van der Waals surface area contributed by atoms with Crippen molar-refractivity contribution in [2.75, 3.05) is 18.0 Å². The van der Waals surface area contributed by atoms with E-state index in [-0.39, 0.29) is 5.63 Å². The number of nitrogens with zero attached hydrogens (tertiary/aromatic N) is 4. The Bertz CT molecular complexity index is 1290. The summed E-state index contributed by atoms with van der Waals surface area (Å²) in [4.78, 5) is 21.8. The molecule has 4 heterocycles. The van der Waals surface area contributed by atoms with Crippen LogP contribution in [-0.2, 0) is 0 Å². The van der Waals surface area contributed by atoms with E-state index in [9.17, 15) is 4.79 Å². The van der Waals surface area contributed by atoms with Crippen LogP contribution >= 0.6 is 0 Å². The van der Waals surface area contributed by atoms with Crippen LogP contribution in [0.3, 0.4) is 0 Å². The molecule has 3 aliphatic rings. The van der Waals surface area contributed by atoms with Crippen molar-refractivity contribution in [3.63, 3.8) is 0 Å². The van der Waals surface area contributed by atoms with Gasteiger partial charge in [-0.15, -0.1) is 0 Å². The quantitative estimate of drug-likeness (QED) is 0.657. The van der Waals surface area contributed by atoms with Crippen LogP contribution in [0.5, 0.6) is 0 Å². The molecular formula is C25H22N4O2. The number of aromatic nitrogens is 1. The maximum Gasteiger partial charge on any atom is 0.345 e. The van der Waals surface area contributed by atoms with Crippen LogP contribution in [-0.4, -0.2) is 41.1 Å². The molecule has 0 amide bonds. The Morgan fingerprint density at radius 1 is 1.13 bits per heavy atom. The van der Waals surface area contributed by atoms with Gasteiger partial charge in [-0.25, -0.2) is 4.79 Å². The summed E-state index contributed by atoms with van der Waals surface area (Å²) in [6.45, 7) is 2.06. The number of hydrogen-bond donors (Lipinski definition) is 0. The summed E-state index contributed by atoms with van der Waals surface area (Å²) in [5.41, 5.74) is 3.40. The highest BCUT2D eigenvalue weighted by Gasteiger charge is 2.46. The Hall–Kier alpha value is -3.43. The fraction of sp³-hybridized carbons (Fsp3) is 0.320. The van der Waals surface area contributed by atoms with E-state index in [1.54, 1.807) is 18.3 Å². The van der Waals surface area contributed by atoms with E-state index < -0.39 is 0 Å². The van der Waals surface area contributed by atoms with E-state index in [1.807, 2.05) is 18.2 Å². The summed E-state index contributed by atoms with van der Waals surface area (Å²) in [5.74, 6) is 0.655. The molecule has 6 nitrogen and oxygen atoms in total. The first-order chi connectivity index (χ1) is 15.2. The first-order valence-corrected chi connectivity index (χ1v) is 10.8. The Kier molecular flexibility index (Phi) is 4.18. The third kappa shape index (κ3) is 3.05. The van der Waals surface area contributed by atoms with Crippen molar-refractivity contribution in [2.45, 2.75) is 37.4 Å². The molecule has 6 rings (SSSR count). The van der Waals surface area contributed by atoms with E-state index in [0.717, 1.165) is 31.5 Å². The first kappa shape index (κ1) is 18.3. The minimum absolute atomic E-state index is 0.316. The molecule has 0 radical (unpaired) electrons. The lowest BCUT2D eigenvalue weighted by atomic mass is 10.1. The van der Waals surface area contributed by atoms with Gasteiger partial charge in [-0.2, -0.15) is 5.26 Å². The second-order valence-electron chi connectivity index (χ2n) is 8.68. The number of nitriles is 1. The molecule has 3 atom stereocenters. The van der Waals surface area contributed by atoms with Crippen molar-refractivity contribution in [3.8, 4) is 6.07 Å². The van der Waals surface area contributed by atoms with Gasteiger partial charge in [-0.05, 0) is 61.2 Å². The van der Waals surface area contributed by atoms with Crippen molar-refractivity contribution in [2.24, 2.45) is 0 Å². The topological polar surface area (TPSA) is 73.4 Å². The maximum absolute atomic E-state index is 12.3. The lowest BCUT2D eigenvalue weighted by Gasteiger charge is -2.38. The number of allylic oxidation sites excluding steroid dienone is 1. The predicted molar refractivity (Wildman–Crippen MR) is 119 cm³/mol. The largest absolute Gasteiger partial charge is 0.423 e. The average molecular weight is 410 g/mol. The molecule has 2 bridgehead atoms.